The molecule has 2 saturated carbocycles. The molecule has 1 heterocycles. The van der Waals surface area contributed by atoms with Crippen LogP contribution in [-0.2, 0) is 13.5 Å². The summed E-state index contributed by atoms with van der Waals surface area (Å²) in [5.74, 6) is 0.653. The summed E-state index contributed by atoms with van der Waals surface area (Å²) in [6, 6.07) is 9.99. The van der Waals surface area contributed by atoms with Crippen molar-refractivity contribution in [1.82, 2.24) is 9.13 Å². The van der Waals surface area contributed by atoms with Crippen molar-refractivity contribution in [3.05, 3.63) is 51.8 Å². The second kappa shape index (κ2) is 12.0. The van der Waals surface area contributed by atoms with Crippen molar-refractivity contribution >= 4 is 19.4 Å². The summed E-state index contributed by atoms with van der Waals surface area (Å²) in [5, 5.41) is 0. The summed E-state index contributed by atoms with van der Waals surface area (Å²) in [4.78, 5) is 0. The van der Waals surface area contributed by atoms with Crippen LogP contribution in [0.3, 0.4) is 0 Å². The molecule has 0 bridgehead atoms. The summed E-state index contributed by atoms with van der Waals surface area (Å²) in [7, 11) is 12.9. The molecule has 0 aliphatic heterocycles. The predicted molar refractivity (Wildman–Crippen MR) is 127 cm³/mol. The van der Waals surface area contributed by atoms with Crippen molar-refractivity contribution in [2.24, 2.45) is 0 Å². The van der Waals surface area contributed by atoms with Crippen molar-refractivity contribution in [1.29, 1.82) is 0 Å². The van der Waals surface area contributed by atoms with E-state index in [9.17, 15) is 0 Å². The van der Waals surface area contributed by atoms with Gasteiger partial charge in [0.05, 0.1) is 0 Å². The third-order valence-corrected chi connectivity index (χ3v) is 9.50. The minimum atomic E-state index is -1.88. The zero-order valence-electron chi connectivity index (χ0n) is 18.8. The van der Waals surface area contributed by atoms with Gasteiger partial charge in [-0.25, -0.2) is 0 Å². The first-order valence-electron chi connectivity index (χ1n) is 11.7. The fraction of sp³-hybridized carbons (Fsp3) is 0.640. The van der Waals surface area contributed by atoms with E-state index in [0.717, 1.165) is 0 Å². The Morgan fingerprint density at radius 2 is 1.20 bits per heavy atom. The minimum absolute atomic E-state index is 0.636. The van der Waals surface area contributed by atoms with Gasteiger partial charge in [0.25, 0.3) is 0 Å². The Balaban J connectivity index is 0.000000216. The zero-order chi connectivity index (χ0) is 21.5. The van der Waals surface area contributed by atoms with Crippen molar-refractivity contribution in [3.8, 4) is 0 Å². The van der Waals surface area contributed by atoms with Gasteiger partial charge < -0.3 is 0 Å². The van der Waals surface area contributed by atoms with E-state index in [1.807, 2.05) is 0 Å². The van der Waals surface area contributed by atoms with Gasteiger partial charge in [-0.15, -0.1) is 0 Å². The third kappa shape index (κ3) is 6.57. The van der Waals surface area contributed by atoms with Gasteiger partial charge in [-0.05, 0) is 18.4 Å². The van der Waals surface area contributed by atoms with Gasteiger partial charge in [0.1, 0.15) is 0 Å². The quantitative estimate of drug-likeness (QED) is 0.346. The first-order chi connectivity index (χ1) is 14.5. The van der Waals surface area contributed by atoms with E-state index in [-0.39, 0.29) is 0 Å². The number of aromatic nitrogens is 2. The molecule has 0 amide bonds. The van der Waals surface area contributed by atoms with E-state index in [2.05, 4.69) is 66.6 Å². The Morgan fingerprint density at radius 1 is 0.767 bits per heavy atom. The van der Waals surface area contributed by atoms with Crippen molar-refractivity contribution in [2.75, 3.05) is 0 Å². The Hall–Kier alpha value is -0.367. The van der Waals surface area contributed by atoms with Gasteiger partial charge in [-0.3, -0.25) is 0 Å². The third-order valence-electron chi connectivity index (χ3n) is 6.60. The number of nitrogens with zero attached hydrogens (tertiary/aromatic N) is 2. The monoisotopic (exact) mass is 538 g/mol. The average Bonchev–Trinajstić information content (AvgIpc) is 3.21. The van der Waals surface area contributed by atoms with Crippen LogP contribution in [-0.4, -0.2) is 9.13 Å². The summed E-state index contributed by atoms with van der Waals surface area (Å²) in [5.41, 5.74) is 2.76. The molecule has 0 saturated heterocycles. The molecule has 2 aliphatic rings. The molecule has 2 aromatic rings. The number of halogens is 2. The van der Waals surface area contributed by atoms with E-state index < -0.39 is 13.5 Å². The van der Waals surface area contributed by atoms with Gasteiger partial charge in [-0.1, -0.05) is 43.7 Å². The van der Waals surface area contributed by atoms with Crippen LogP contribution in [0.2, 0.25) is 0 Å². The number of imidazole rings is 1. The first-order valence-corrected chi connectivity index (χ1v) is 17.0. The van der Waals surface area contributed by atoms with E-state index in [0.29, 0.717) is 18.0 Å². The molecule has 2 fully saturated rings. The average molecular weight is 539 g/mol. The molecule has 1 aromatic carbocycles. The summed E-state index contributed by atoms with van der Waals surface area (Å²) in [6.07, 6.45) is 17.9. The van der Waals surface area contributed by atoms with E-state index in [1.54, 1.807) is 0 Å². The van der Waals surface area contributed by atoms with E-state index in [1.165, 1.54) is 79.3 Å². The molecule has 2 nitrogen and oxygen atoms in total. The van der Waals surface area contributed by atoms with Crippen LogP contribution in [0, 0.1) is 10.9 Å². The maximum atomic E-state index is 6.46. The van der Waals surface area contributed by atoms with E-state index >= 15 is 0 Å². The molecule has 0 spiro atoms. The van der Waals surface area contributed by atoms with Crippen LogP contribution in [0.1, 0.15) is 107 Å². The maximum absolute atomic E-state index is 6.46. The molecule has 2 aliphatic carbocycles. The fourth-order valence-electron chi connectivity index (χ4n) is 4.74. The normalized spacial score (nSPS) is 18.8. The second-order valence-electron chi connectivity index (χ2n) is 9.20. The Bertz CT molecular complexity index is 796. The molecule has 30 heavy (non-hydrogen) atoms. The van der Waals surface area contributed by atoms with Gasteiger partial charge in [0.2, 0.25) is 0 Å². The number of aryl methyl sites for hydroxylation is 1. The first kappa shape index (κ1) is 24.3. The summed E-state index contributed by atoms with van der Waals surface area (Å²) < 4.78 is 6.14. The molecule has 0 atom stereocenters. The van der Waals surface area contributed by atoms with E-state index in [4.69, 9.17) is 19.4 Å². The van der Waals surface area contributed by atoms with Crippen LogP contribution >= 0.6 is 19.4 Å². The molecule has 5 heteroatoms. The number of benzene rings is 1. The summed E-state index contributed by atoms with van der Waals surface area (Å²) in [6.45, 7) is 6.54. The van der Waals surface area contributed by atoms with Crippen LogP contribution < -0.4 is 0 Å². The van der Waals surface area contributed by atoms with Crippen molar-refractivity contribution in [2.45, 2.75) is 103 Å². The van der Waals surface area contributed by atoms with Crippen LogP contribution in [0.15, 0.2) is 36.7 Å². The molecule has 1 aromatic heterocycles. The molecule has 170 valence electrons. The molecule has 0 unspecified atom stereocenters. The van der Waals surface area contributed by atoms with Crippen LogP contribution in [0.5, 0.6) is 0 Å². The number of hydrogen-bond donors (Lipinski definition) is 0. The Morgan fingerprint density at radius 3 is 1.57 bits per heavy atom. The SMILES string of the molecule is Cc1ccc(C(C)C)cc1.[Cl][Ru]([Cl])=[c]1n(C2CCCCC2)ccn1C1CCCCC1. The van der Waals surface area contributed by atoms with Crippen LogP contribution in [0.4, 0.5) is 0 Å². The number of rotatable bonds is 3. The van der Waals surface area contributed by atoms with Gasteiger partial charge in [-0.2, -0.15) is 0 Å². The second-order valence-corrected chi connectivity index (χ2v) is 14.9. The molecular weight excluding hydrogens is 500 g/mol. The predicted octanol–water partition coefficient (Wildman–Crippen LogP) is 8.88. The van der Waals surface area contributed by atoms with Crippen molar-refractivity contribution in [3.63, 3.8) is 0 Å². The fourth-order valence-corrected chi connectivity index (χ4v) is 7.95. The molecular formula is C25H38Cl2N2Ru. The Kier molecular flexibility index (Phi) is 9.74. The zero-order valence-corrected chi connectivity index (χ0v) is 22.0. The van der Waals surface area contributed by atoms with Gasteiger partial charge in [0, 0.05) is 0 Å². The summed E-state index contributed by atoms with van der Waals surface area (Å²) >= 11 is -1.88. The standard InChI is InChI=1S/C15H24N2.C10H14.2ClH.Ru/c1-3-7-14(8-4-1)16-11-12-17(13-16)15-9-5-2-6-10-15;1-8(2)10-6-4-9(3)5-7-10;;;/h11-12,14-15H,1-10H2;4-8H,1-3H3;2*1H;/q;;;;+2/p-2. The van der Waals surface area contributed by atoms with Gasteiger partial charge >= 0.3 is 135 Å². The number of hydrogen-bond acceptors (Lipinski definition) is 0. The Labute approximate surface area is 196 Å². The molecule has 4 rings (SSSR count). The van der Waals surface area contributed by atoms with Crippen molar-refractivity contribution < 1.29 is 13.5 Å². The van der Waals surface area contributed by atoms with Gasteiger partial charge in [0.15, 0.2) is 0 Å². The topological polar surface area (TPSA) is 9.86 Å². The van der Waals surface area contributed by atoms with Crippen LogP contribution in [0.25, 0.3) is 0 Å². The molecule has 0 N–H and O–H groups in total. The molecule has 0 radical (unpaired) electrons.